The number of amides is 1. The summed E-state index contributed by atoms with van der Waals surface area (Å²) in [6, 6.07) is 9.71. The topological polar surface area (TPSA) is 98.5 Å². The van der Waals surface area contributed by atoms with Crippen LogP contribution < -0.4 is 5.32 Å². The Morgan fingerprint density at radius 1 is 1.17 bits per heavy atom. The largest absolute Gasteiger partial charge is 0.455 e. The van der Waals surface area contributed by atoms with E-state index in [-0.39, 0.29) is 11.4 Å². The molecule has 7 nitrogen and oxygen atoms in total. The fourth-order valence-corrected chi connectivity index (χ4v) is 3.66. The van der Waals surface area contributed by atoms with Gasteiger partial charge in [-0.3, -0.25) is 19.7 Å². The minimum absolute atomic E-state index is 0.353. The Kier molecular flexibility index (Phi) is 6.12. The lowest BCUT2D eigenvalue weighted by atomic mass is 9.79. The van der Waals surface area contributed by atoms with Crippen LogP contribution in [-0.2, 0) is 19.7 Å². The van der Waals surface area contributed by atoms with Gasteiger partial charge in [0.2, 0.25) is 0 Å². The van der Waals surface area contributed by atoms with Crippen LogP contribution in [0.3, 0.4) is 0 Å². The van der Waals surface area contributed by atoms with Crippen LogP contribution in [0.1, 0.15) is 31.2 Å². The zero-order valence-electron chi connectivity index (χ0n) is 15.3. The zero-order valence-corrected chi connectivity index (χ0v) is 16.1. The quantitative estimate of drug-likeness (QED) is 0.424. The van der Waals surface area contributed by atoms with Gasteiger partial charge in [-0.25, -0.2) is 4.39 Å². The molecular weight excluding hydrogens is 403 g/mol. The minimum atomic E-state index is -0.846. The third-order valence-corrected chi connectivity index (χ3v) is 5.27. The van der Waals surface area contributed by atoms with Gasteiger partial charge >= 0.3 is 5.97 Å². The summed E-state index contributed by atoms with van der Waals surface area (Å²) in [5, 5.41) is 13.5. The fraction of sp³-hybridized carbons (Fsp3) is 0.300. The van der Waals surface area contributed by atoms with Crippen LogP contribution in [0.25, 0.3) is 0 Å². The second-order valence-corrected chi connectivity index (χ2v) is 7.28. The standard InChI is InChI=1S/C20H18ClFN2O5/c21-14-5-3-13(4-6-14)20(9-1-2-10-20)19(26)29-12-18(25)23-17-11-15(24(27)28)7-8-16(17)22/h3-8,11H,1-2,9-10,12H2,(H,23,25). The molecular formula is C20H18ClFN2O5. The molecule has 0 atom stereocenters. The van der Waals surface area contributed by atoms with E-state index in [2.05, 4.69) is 5.32 Å². The van der Waals surface area contributed by atoms with Crippen molar-refractivity contribution in [3.63, 3.8) is 0 Å². The summed E-state index contributed by atoms with van der Waals surface area (Å²) in [5.41, 5.74) is -0.795. The van der Waals surface area contributed by atoms with Crippen LogP contribution >= 0.6 is 11.6 Å². The van der Waals surface area contributed by atoms with Crippen molar-refractivity contribution in [1.82, 2.24) is 0 Å². The summed E-state index contributed by atoms with van der Waals surface area (Å²) in [7, 11) is 0. The number of anilines is 1. The normalized spacial score (nSPS) is 15.0. The smallest absolute Gasteiger partial charge is 0.317 e. The lowest BCUT2D eigenvalue weighted by Gasteiger charge is -2.27. The molecule has 1 fully saturated rings. The number of halogens is 2. The number of nitro groups is 1. The van der Waals surface area contributed by atoms with Gasteiger partial charge in [-0.05, 0) is 36.6 Å². The highest BCUT2D eigenvalue weighted by molar-refractivity contribution is 6.30. The van der Waals surface area contributed by atoms with E-state index in [9.17, 15) is 24.1 Å². The molecule has 0 unspecified atom stereocenters. The summed E-state index contributed by atoms with van der Waals surface area (Å²) in [5.74, 6) is -2.15. The lowest BCUT2D eigenvalue weighted by molar-refractivity contribution is -0.384. The first kappa shape index (κ1) is 20.7. The van der Waals surface area contributed by atoms with Crippen LogP contribution in [0.5, 0.6) is 0 Å². The van der Waals surface area contributed by atoms with E-state index in [1.165, 1.54) is 0 Å². The van der Waals surface area contributed by atoms with Crippen molar-refractivity contribution in [2.45, 2.75) is 31.1 Å². The second kappa shape index (κ2) is 8.57. The molecule has 0 aromatic heterocycles. The van der Waals surface area contributed by atoms with Gasteiger partial charge in [0, 0.05) is 17.2 Å². The fourth-order valence-electron chi connectivity index (χ4n) is 3.54. The maximum atomic E-state index is 13.8. The third-order valence-electron chi connectivity index (χ3n) is 5.01. The SMILES string of the molecule is O=C(COC(=O)C1(c2ccc(Cl)cc2)CCCC1)Nc1cc([N+](=O)[O-])ccc1F. The molecule has 2 aromatic carbocycles. The molecule has 0 bridgehead atoms. The summed E-state index contributed by atoms with van der Waals surface area (Å²) in [4.78, 5) is 35.0. The van der Waals surface area contributed by atoms with Crippen molar-refractivity contribution in [2.75, 3.05) is 11.9 Å². The molecule has 0 heterocycles. The van der Waals surface area contributed by atoms with Gasteiger partial charge in [0.25, 0.3) is 11.6 Å². The minimum Gasteiger partial charge on any atom is -0.455 e. The number of nitro benzene ring substituents is 1. The third kappa shape index (κ3) is 4.54. The zero-order chi connectivity index (χ0) is 21.0. The predicted molar refractivity (Wildman–Crippen MR) is 104 cm³/mol. The van der Waals surface area contributed by atoms with Crippen LogP contribution in [-0.4, -0.2) is 23.4 Å². The molecule has 0 radical (unpaired) electrons. The first-order valence-electron chi connectivity index (χ1n) is 8.99. The Balaban J connectivity index is 1.68. The van der Waals surface area contributed by atoms with E-state index in [0.29, 0.717) is 17.9 Å². The Hall–Kier alpha value is -3.00. The number of rotatable bonds is 6. The number of esters is 1. The number of nitrogens with zero attached hydrogens (tertiary/aromatic N) is 1. The number of carbonyl (C=O) groups is 2. The van der Waals surface area contributed by atoms with Gasteiger partial charge in [-0.15, -0.1) is 0 Å². The Bertz CT molecular complexity index is 942. The molecule has 0 saturated heterocycles. The second-order valence-electron chi connectivity index (χ2n) is 6.84. The van der Waals surface area contributed by atoms with E-state index >= 15 is 0 Å². The Morgan fingerprint density at radius 2 is 1.83 bits per heavy atom. The van der Waals surface area contributed by atoms with Gasteiger partial charge in [0.15, 0.2) is 6.61 Å². The number of non-ortho nitro benzene ring substituents is 1. The van der Waals surface area contributed by atoms with Gasteiger partial charge in [0.05, 0.1) is 16.0 Å². The number of nitrogens with one attached hydrogen (secondary N) is 1. The van der Waals surface area contributed by atoms with E-state index < -0.39 is 34.6 Å². The number of carbonyl (C=O) groups excluding carboxylic acids is 2. The number of hydrogen-bond donors (Lipinski definition) is 1. The first-order chi connectivity index (χ1) is 13.8. The lowest BCUT2D eigenvalue weighted by Crippen LogP contribution is -2.36. The number of benzene rings is 2. The number of hydrogen-bond acceptors (Lipinski definition) is 5. The van der Waals surface area contributed by atoms with E-state index in [1.54, 1.807) is 24.3 Å². The molecule has 1 saturated carbocycles. The highest BCUT2D eigenvalue weighted by Gasteiger charge is 2.44. The summed E-state index contributed by atoms with van der Waals surface area (Å²) < 4.78 is 19.0. The molecule has 2 aromatic rings. The van der Waals surface area contributed by atoms with Crippen LogP contribution in [0, 0.1) is 15.9 Å². The summed E-state index contributed by atoms with van der Waals surface area (Å²) in [6.07, 6.45) is 2.88. The summed E-state index contributed by atoms with van der Waals surface area (Å²) >= 11 is 5.92. The summed E-state index contributed by atoms with van der Waals surface area (Å²) in [6.45, 7) is -0.629. The molecule has 152 valence electrons. The Labute approximate surface area is 171 Å². The molecule has 1 aliphatic rings. The van der Waals surface area contributed by atoms with Crippen molar-refractivity contribution in [3.8, 4) is 0 Å². The van der Waals surface area contributed by atoms with Gasteiger partial charge in [-0.2, -0.15) is 0 Å². The van der Waals surface area contributed by atoms with E-state index in [0.717, 1.165) is 36.6 Å². The van der Waals surface area contributed by atoms with Crippen molar-refractivity contribution in [2.24, 2.45) is 0 Å². The molecule has 1 aliphatic carbocycles. The average Bonchev–Trinajstić information content (AvgIpc) is 3.19. The highest BCUT2D eigenvalue weighted by atomic mass is 35.5. The maximum absolute atomic E-state index is 13.8. The molecule has 9 heteroatoms. The van der Waals surface area contributed by atoms with Crippen molar-refractivity contribution < 1.29 is 23.6 Å². The molecule has 1 N–H and O–H groups in total. The van der Waals surface area contributed by atoms with Crippen LogP contribution in [0.4, 0.5) is 15.8 Å². The average molecular weight is 421 g/mol. The van der Waals surface area contributed by atoms with Gasteiger partial charge in [0.1, 0.15) is 5.82 Å². The molecule has 0 aliphatic heterocycles. The maximum Gasteiger partial charge on any atom is 0.317 e. The monoisotopic (exact) mass is 420 g/mol. The van der Waals surface area contributed by atoms with Crippen molar-refractivity contribution >= 4 is 34.9 Å². The van der Waals surface area contributed by atoms with Crippen molar-refractivity contribution in [3.05, 3.63) is 69.0 Å². The molecule has 0 spiro atoms. The molecule has 1 amide bonds. The van der Waals surface area contributed by atoms with Gasteiger partial charge < -0.3 is 10.1 Å². The van der Waals surface area contributed by atoms with Crippen LogP contribution in [0.15, 0.2) is 42.5 Å². The Morgan fingerprint density at radius 3 is 2.45 bits per heavy atom. The van der Waals surface area contributed by atoms with Gasteiger partial charge in [-0.1, -0.05) is 36.6 Å². The molecule has 3 rings (SSSR count). The predicted octanol–water partition coefficient (Wildman–Crippen LogP) is 4.38. The first-order valence-corrected chi connectivity index (χ1v) is 9.37. The van der Waals surface area contributed by atoms with Crippen LogP contribution in [0.2, 0.25) is 5.02 Å². The van der Waals surface area contributed by atoms with E-state index in [4.69, 9.17) is 16.3 Å². The van der Waals surface area contributed by atoms with Crippen molar-refractivity contribution in [1.29, 1.82) is 0 Å². The molecule has 29 heavy (non-hydrogen) atoms. The number of ether oxygens (including phenoxy) is 1. The van der Waals surface area contributed by atoms with E-state index in [1.807, 2.05) is 0 Å². The highest BCUT2D eigenvalue weighted by Crippen LogP contribution is 2.42.